The maximum Gasteiger partial charge on any atom is 0.306 e. The molecule has 1 unspecified atom stereocenters. The summed E-state index contributed by atoms with van der Waals surface area (Å²) >= 11 is 0. The van der Waals surface area contributed by atoms with Crippen LogP contribution in [0.2, 0.25) is 0 Å². The molecule has 0 heterocycles. The SMILES string of the molecule is CC(C)=CCOC(=O)CCC(=O)OC(C)CC(C)C. The van der Waals surface area contributed by atoms with Gasteiger partial charge < -0.3 is 9.47 Å². The van der Waals surface area contributed by atoms with Crippen LogP contribution >= 0.6 is 0 Å². The number of ether oxygens (including phenoxy) is 2. The topological polar surface area (TPSA) is 52.6 Å². The second kappa shape index (κ2) is 9.59. The van der Waals surface area contributed by atoms with E-state index < -0.39 is 0 Å². The number of carbonyl (C=O) groups excluding carboxylic acids is 2. The normalized spacial score (nSPS) is 11.9. The van der Waals surface area contributed by atoms with Gasteiger partial charge in [-0.05, 0) is 39.2 Å². The quantitative estimate of drug-likeness (QED) is 0.502. The lowest BCUT2D eigenvalue weighted by Crippen LogP contribution is -2.18. The molecule has 19 heavy (non-hydrogen) atoms. The first-order valence-corrected chi connectivity index (χ1v) is 6.79. The molecule has 1 atom stereocenters. The molecule has 0 aliphatic carbocycles. The molecule has 0 N–H and O–H groups in total. The molecule has 0 fully saturated rings. The molecule has 4 heteroatoms. The summed E-state index contributed by atoms with van der Waals surface area (Å²) in [6, 6.07) is 0. The maximum atomic E-state index is 11.5. The van der Waals surface area contributed by atoms with Crippen molar-refractivity contribution in [3.05, 3.63) is 11.6 Å². The smallest absolute Gasteiger partial charge is 0.306 e. The predicted molar refractivity (Wildman–Crippen MR) is 74.6 cm³/mol. The second-order valence-electron chi connectivity index (χ2n) is 5.39. The van der Waals surface area contributed by atoms with E-state index in [4.69, 9.17) is 9.47 Å². The van der Waals surface area contributed by atoms with Gasteiger partial charge in [-0.3, -0.25) is 9.59 Å². The van der Waals surface area contributed by atoms with Gasteiger partial charge in [-0.15, -0.1) is 0 Å². The number of allylic oxidation sites excluding steroid dienone is 1. The lowest BCUT2D eigenvalue weighted by atomic mass is 10.1. The molecule has 0 saturated heterocycles. The molecule has 0 bridgehead atoms. The minimum absolute atomic E-state index is 0.0732. The van der Waals surface area contributed by atoms with Crippen LogP contribution in [0.4, 0.5) is 0 Å². The molecule has 0 aromatic heterocycles. The van der Waals surface area contributed by atoms with Crippen LogP contribution in [0.25, 0.3) is 0 Å². The molecule has 0 aliphatic heterocycles. The van der Waals surface area contributed by atoms with Gasteiger partial charge in [0.1, 0.15) is 6.61 Å². The highest BCUT2D eigenvalue weighted by Gasteiger charge is 2.13. The van der Waals surface area contributed by atoms with Crippen molar-refractivity contribution in [2.75, 3.05) is 6.61 Å². The van der Waals surface area contributed by atoms with Gasteiger partial charge in [0.2, 0.25) is 0 Å². The van der Waals surface area contributed by atoms with E-state index in [-0.39, 0.29) is 37.5 Å². The number of esters is 2. The summed E-state index contributed by atoms with van der Waals surface area (Å²) in [4.78, 5) is 22.8. The fraction of sp³-hybridized carbons (Fsp3) is 0.733. The molecule has 0 radical (unpaired) electrons. The highest BCUT2D eigenvalue weighted by molar-refractivity contribution is 5.77. The molecule has 110 valence electrons. The van der Waals surface area contributed by atoms with Crippen molar-refractivity contribution in [3.63, 3.8) is 0 Å². The monoisotopic (exact) mass is 270 g/mol. The largest absolute Gasteiger partial charge is 0.463 e. The third kappa shape index (κ3) is 11.5. The van der Waals surface area contributed by atoms with E-state index in [0.717, 1.165) is 12.0 Å². The first kappa shape index (κ1) is 17.7. The molecule has 0 aromatic carbocycles. The summed E-state index contributed by atoms with van der Waals surface area (Å²) in [5.74, 6) is -0.227. The Hall–Kier alpha value is -1.32. The van der Waals surface area contributed by atoms with Crippen LogP contribution in [0.5, 0.6) is 0 Å². The van der Waals surface area contributed by atoms with Crippen molar-refractivity contribution in [1.29, 1.82) is 0 Å². The second-order valence-corrected chi connectivity index (χ2v) is 5.39. The molecule has 0 rings (SSSR count). The van der Waals surface area contributed by atoms with Crippen LogP contribution < -0.4 is 0 Å². The van der Waals surface area contributed by atoms with E-state index in [1.807, 2.05) is 26.8 Å². The van der Waals surface area contributed by atoms with Crippen LogP contribution in [0, 0.1) is 5.92 Å². The predicted octanol–water partition coefficient (Wildman–Crippen LogP) is 3.25. The van der Waals surface area contributed by atoms with Gasteiger partial charge in [-0.2, -0.15) is 0 Å². The number of carbonyl (C=O) groups is 2. The van der Waals surface area contributed by atoms with E-state index in [0.29, 0.717) is 5.92 Å². The Bertz CT molecular complexity index is 314. The number of hydrogen-bond acceptors (Lipinski definition) is 4. The van der Waals surface area contributed by atoms with Crippen LogP contribution in [0.3, 0.4) is 0 Å². The van der Waals surface area contributed by atoms with Crippen LogP contribution in [-0.4, -0.2) is 24.6 Å². The zero-order valence-electron chi connectivity index (χ0n) is 12.7. The average molecular weight is 270 g/mol. The van der Waals surface area contributed by atoms with E-state index in [9.17, 15) is 9.59 Å². The van der Waals surface area contributed by atoms with Gasteiger partial charge >= 0.3 is 11.9 Å². The standard InChI is InChI=1S/C15H26O4/c1-11(2)8-9-18-14(16)6-7-15(17)19-13(5)10-12(3)4/h8,12-13H,6-7,9-10H2,1-5H3. The van der Waals surface area contributed by atoms with E-state index in [1.165, 1.54) is 0 Å². The molecular weight excluding hydrogens is 244 g/mol. The van der Waals surface area contributed by atoms with Crippen LogP contribution in [0.15, 0.2) is 11.6 Å². The van der Waals surface area contributed by atoms with Crippen LogP contribution in [-0.2, 0) is 19.1 Å². The van der Waals surface area contributed by atoms with Crippen molar-refractivity contribution in [2.45, 2.75) is 60.0 Å². The summed E-state index contributed by atoms with van der Waals surface area (Å²) in [7, 11) is 0. The lowest BCUT2D eigenvalue weighted by molar-refractivity contribution is -0.153. The zero-order chi connectivity index (χ0) is 14.8. The van der Waals surface area contributed by atoms with Gasteiger partial charge in [0.05, 0.1) is 18.9 Å². The Kier molecular flexibility index (Phi) is 8.92. The van der Waals surface area contributed by atoms with Crippen molar-refractivity contribution >= 4 is 11.9 Å². The Balaban J connectivity index is 3.78. The molecule has 0 aliphatic rings. The number of hydrogen-bond donors (Lipinski definition) is 0. The molecule has 0 aromatic rings. The van der Waals surface area contributed by atoms with Crippen molar-refractivity contribution in [2.24, 2.45) is 5.92 Å². The van der Waals surface area contributed by atoms with E-state index in [2.05, 4.69) is 13.8 Å². The third-order valence-corrected chi connectivity index (χ3v) is 2.41. The molecule has 4 nitrogen and oxygen atoms in total. The number of rotatable bonds is 8. The summed E-state index contributed by atoms with van der Waals surface area (Å²) < 4.78 is 10.1. The summed E-state index contributed by atoms with van der Waals surface area (Å²) in [5.41, 5.74) is 1.09. The van der Waals surface area contributed by atoms with Crippen molar-refractivity contribution in [1.82, 2.24) is 0 Å². The van der Waals surface area contributed by atoms with E-state index in [1.54, 1.807) is 0 Å². The Morgan fingerprint density at radius 3 is 2.16 bits per heavy atom. The average Bonchev–Trinajstić information content (AvgIpc) is 2.24. The van der Waals surface area contributed by atoms with Gasteiger partial charge in [0, 0.05) is 0 Å². The minimum Gasteiger partial charge on any atom is -0.463 e. The first-order chi connectivity index (χ1) is 8.81. The summed E-state index contributed by atoms with van der Waals surface area (Å²) in [6.45, 7) is 10.1. The fourth-order valence-corrected chi connectivity index (χ4v) is 1.57. The lowest BCUT2D eigenvalue weighted by Gasteiger charge is -2.14. The maximum absolute atomic E-state index is 11.5. The summed E-state index contributed by atoms with van der Waals surface area (Å²) in [5, 5.41) is 0. The van der Waals surface area contributed by atoms with Crippen LogP contribution in [0.1, 0.15) is 53.9 Å². The minimum atomic E-state index is -0.369. The van der Waals surface area contributed by atoms with E-state index >= 15 is 0 Å². The van der Waals surface area contributed by atoms with Gasteiger partial charge in [-0.25, -0.2) is 0 Å². The Morgan fingerprint density at radius 1 is 1.05 bits per heavy atom. The molecule has 0 amide bonds. The third-order valence-electron chi connectivity index (χ3n) is 2.41. The molecular formula is C15H26O4. The molecule has 0 spiro atoms. The van der Waals surface area contributed by atoms with Gasteiger partial charge in [0.25, 0.3) is 0 Å². The van der Waals surface area contributed by atoms with Gasteiger partial charge in [0.15, 0.2) is 0 Å². The first-order valence-electron chi connectivity index (χ1n) is 6.79. The Labute approximate surface area is 116 Å². The molecule has 0 saturated carbocycles. The van der Waals surface area contributed by atoms with Gasteiger partial charge in [-0.1, -0.05) is 19.4 Å². The fourth-order valence-electron chi connectivity index (χ4n) is 1.57. The highest BCUT2D eigenvalue weighted by Crippen LogP contribution is 2.09. The Morgan fingerprint density at radius 2 is 1.63 bits per heavy atom. The van der Waals surface area contributed by atoms with Crippen molar-refractivity contribution in [3.8, 4) is 0 Å². The zero-order valence-corrected chi connectivity index (χ0v) is 12.7. The highest BCUT2D eigenvalue weighted by atomic mass is 16.5. The summed E-state index contributed by atoms with van der Waals surface area (Å²) in [6.07, 6.45) is 2.70. The van der Waals surface area contributed by atoms with Crippen molar-refractivity contribution < 1.29 is 19.1 Å².